The summed E-state index contributed by atoms with van der Waals surface area (Å²) < 4.78 is 0.889. The van der Waals surface area contributed by atoms with Crippen molar-refractivity contribution in [3.8, 4) is 6.07 Å². The molecule has 8 heteroatoms. The number of thioether (sulfide) groups is 1. The van der Waals surface area contributed by atoms with E-state index in [4.69, 9.17) is 0 Å². The van der Waals surface area contributed by atoms with Gasteiger partial charge in [-0.3, -0.25) is 0 Å². The Morgan fingerprint density at radius 1 is 1.28 bits per heavy atom. The Morgan fingerprint density at radius 3 is 2.76 bits per heavy atom. The number of benzene rings is 1. The number of anilines is 1. The number of rotatable bonds is 6. The molecule has 0 bridgehead atoms. The van der Waals surface area contributed by atoms with Crippen LogP contribution in [0.1, 0.15) is 21.8 Å². The largest absolute Gasteiger partial charge is 0.335 e. The molecule has 0 spiro atoms. The van der Waals surface area contributed by atoms with Crippen molar-refractivity contribution in [2.45, 2.75) is 23.9 Å². The highest BCUT2D eigenvalue weighted by Crippen LogP contribution is 2.29. The Morgan fingerprint density at radius 2 is 2.08 bits per heavy atom. The molecule has 0 saturated heterocycles. The lowest BCUT2D eigenvalue weighted by molar-refractivity contribution is 1.01. The molecule has 25 heavy (non-hydrogen) atoms. The van der Waals surface area contributed by atoms with Gasteiger partial charge in [-0.1, -0.05) is 52.9 Å². The third-order valence-corrected chi connectivity index (χ3v) is 6.25. The average molecular weight is 386 g/mol. The number of nitriles is 1. The van der Waals surface area contributed by atoms with E-state index in [9.17, 15) is 5.26 Å². The Bertz CT molecular complexity index is 918. The third-order valence-electron chi connectivity index (χ3n) is 3.20. The molecule has 0 amide bonds. The van der Waals surface area contributed by atoms with Gasteiger partial charge < -0.3 is 5.32 Å². The number of aromatic nitrogens is 3. The minimum Gasteiger partial charge on any atom is -0.335 e. The normalized spacial score (nSPS) is 11.3. The van der Waals surface area contributed by atoms with Gasteiger partial charge in [-0.15, -0.1) is 21.5 Å². The van der Waals surface area contributed by atoms with Crippen LogP contribution in [0.3, 0.4) is 0 Å². The van der Waals surface area contributed by atoms with Crippen LogP contribution in [0.2, 0.25) is 0 Å². The van der Waals surface area contributed by atoms with Crippen molar-refractivity contribution in [3.05, 3.63) is 57.7 Å². The van der Waals surface area contributed by atoms with E-state index in [-0.39, 0.29) is 0 Å². The van der Waals surface area contributed by atoms with Gasteiger partial charge in [0.25, 0.3) is 0 Å². The SMILES string of the molecule is Cc1ccc(CSc2nnc(N/C=C(\C#N)c3nc(C)cs3)s2)cc1. The molecule has 2 aromatic heterocycles. The Hall–Kier alpha value is -2.21. The zero-order valence-corrected chi connectivity index (χ0v) is 16.1. The number of nitrogens with zero attached hydrogens (tertiary/aromatic N) is 4. The molecule has 3 aromatic rings. The van der Waals surface area contributed by atoms with E-state index in [1.807, 2.05) is 12.3 Å². The molecule has 0 aliphatic heterocycles. The van der Waals surface area contributed by atoms with E-state index < -0.39 is 0 Å². The maximum Gasteiger partial charge on any atom is 0.210 e. The second-order valence-electron chi connectivity index (χ2n) is 5.26. The first kappa shape index (κ1) is 17.6. The van der Waals surface area contributed by atoms with E-state index in [1.54, 1.807) is 18.0 Å². The minimum atomic E-state index is 0.488. The Balaban J connectivity index is 1.60. The van der Waals surface area contributed by atoms with Gasteiger partial charge in [-0.2, -0.15) is 5.26 Å². The first-order chi connectivity index (χ1) is 12.1. The molecule has 5 nitrogen and oxygen atoms in total. The van der Waals surface area contributed by atoms with E-state index >= 15 is 0 Å². The van der Waals surface area contributed by atoms with Gasteiger partial charge in [0.05, 0.1) is 0 Å². The van der Waals surface area contributed by atoms with Crippen molar-refractivity contribution in [3.63, 3.8) is 0 Å². The van der Waals surface area contributed by atoms with Gasteiger partial charge in [0.2, 0.25) is 5.13 Å². The van der Waals surface area contributed by atoms with Gasteiger partial charge in [-0.25, -0.2) is 4.98 Å². The van der Waals surface area contributed by atoms with Crippen LogP contribution >= 0.6 is 34.4 Å². The topological polar surface area (TPSA) is 74.5 Å². The summed E-state index contributed by atoms with van der Waals surface area (Å²) in [6.07, 6.45) is 1.63. The second-order valence-corrected chi connectivity index (χ2v) is 8.31. The summed E-state index contributed by atoms with van der Waals surface area (Å²) in [4.78, 5) is 4.32. The van der Waals surface area contributed by atoms with Crippen molar-refractivity contribution < 1.29 is 0 Å². The average Bonchev–Trinajstić information content (AvgIpc) is 3.24. The predicted octanol–water partition coefficient (Wildman–Crippen LogP) is 4.88. The summed E-state index contributed by atoms with van der Waals surface area (Å²) in [5.74, 6) is 0.854. The van der Waals surface area contributed by atoms with E-state index in [2.05, 4.69) is 57.8 Å². The third kappa shape index (κ3) is 4.89. The number of aryl methyl sites for hydroxylation is 2. The van der Waals surface area contributed by atoms with Crippen LogP contribution in [-0.4, -0.2) is 15.2 Å². The zero-order valence-electron chi connectivity index (χ0n) is 13.7. The summed E-state index contributed by atoms with van der Waals surface area (Å²) in [5.41, 5.74) is 3.91. The van der Waals surface area contributed by atoms with Crippen LogP contribution in [0.5, 0.6) is 0 Å². The first-order valence-electron chi connectivity index (χ1n) is 7.45. The minimum absolute atomic E-state index is 0.488. The number of hydrogen-bond acceptors (Lipinski definition) is 8. The molecule has 0 unspecified atom stereocenters. The molecule has 0 aliphatic rings. The number of nitrogens with one attached hydrogen (secondary N) is 1. The molecular weight excluding hydrogens is 370 g/mol. The fourth-order valence-corrected chi connectivity index (χ4v) is 4.35. The summed E-state index contributed by atoms with van der Waals surface area (Å²) in [7, 11) is 0. The van der Waals surface area contributed by atoms with Crippen molar-refractivity contribution >= 4 is 45.1 Å². The summed E-state index contributed by atoms with van der Waals surface area (Å²) >= 11 is 4.57. The molecule has 1 aromatic carbocycles. The van der Waals surface area contributed by atoms with Crippen molar-refractivity contribution in [1.82, 2.24) is 15.2 Å². The summed E-state index contributed by atoms with van der Waals surface area (Å²) in [6, 6.07) is 10.6. The van der Waals surface area contributed by atoms with E-state index in [0.717, 1.165) is 15.8 Å². The predicted molar refractivity (Wildman–Crippen MR) is 105 cm³/mol. The van der Waals surface area contributed by atoms with Crippen LogP contribution in [0.25, 0.3) is 5.57 Å². The fourth-order valence-electron chi connectivity index (χ4n) is 1.91. The highest BCUT2D eigenvalue weighted by Gasteiger charge is 2.07. The lowest BCUT2D eigenvalue weighted by atomic mass is 10.2. The van der Waals surface area contributed by atoms with E-state index in [0.29, 0.717) is 15.7 Å². The second kappa shape index (κ2) is 8.25. The van der Waals surface area contributed by atoms with Crippen LogP contribution in [0.4, 0.5) is 5.13 Å². The molecular formula is C17H15N5S3. The molecule has 0 atom stereocenters. The van der Waals surface area contributed by atoms with Crippen molar-refractivity contribution in [2.75, 3.05) is 5.32 Å². The first-order valence-corrected chi connectivity index (χ1v) is 10.1. The van der Waals surface area contributed by atoms with Gasteiger partial charge in [0, 0.05) is 23.0 Å². The van der Waals surface area contributed by atoms with Gasteiger partial charge in [0.1, 0.15) is 16.6 Å². The van der Waals surface area contributed by atoms with E-state index in [1.165, 1.54) is 33.8 Å². The molecule has 126 valence electrons. The lowest BCUT2D eigenvalue weighted by Crippen LogP contribution is -1.90. The quantitative estimate of drug-likeness (QED) is 0.481. The smallest absolute Gasteiger partial charge is 0.210 e. The molecule has 0 fully saturated rings. The van der Waals surface area contributed by atoms with Gasteiger partial charge >= 0.3 is 0 Å². The highest BCUT2D eigenvalue weighted by atomic mass is 32.2. The van der Waals surface area contributed by atoms with Crippen LogP contribution in [-0.2, 0) is 5.75 Å². The number of allylic oxidation sites excluding steroid dienone is 1. The molecule has 2 heterocycles. The molecule has 0 radical (unpaired) electrons. The van der Waals surface area contributed by atoms with Crippen LogP contribution in [0, 0.1) is 25.2 Å². The summed E-state index contributed by atoms with van der Waals surface area (Å²) in [6.45, 7) is 3.99. The number of thiazole rings is 1. The zero-order chi connectivity index (χ0) is 17.6. The highest BCUT2D eigenvalue weighted by molar-refractivity contribution is 8.00. The number of hydrogen-bond donors (Lipinski definition) is 1. The molecule has 3 rings (SSSR count). The molecule has 0 aliphatic carbocycles. The van der Waals surface area contributed by atoms with Crippen molar-refractivity contribution in [2.24, 2.45) is 0 Å². The lowest BCUT2D eigenvalue weighted by Gasteiger charge is -1.99. The monoisotopic (exact) mass is 385 g/mol. The van der Waals surface area contributed by atoms with Crippen LogP contribution in [0.15, 0.2) is 40.2 Å². The standard InChI is InChI=1S/C17H15N5S3/c1-11-3-5-13(6-4-11)10-24-17-22-21-16(25-17)19-8-14(7-18)15-20-12(2)9-23-15/h3-6,8-9H,10H2,1-2H3,(H,19,21)/b14-8+. The van der Waals surface area contributed by atoms with Crippen LogP contribution < -0.4 is 5.32 Å². The molecule has 1 N–H and O–H groups in total. The summed E-state index contributed by atoms with van der Waals surface area (Å²) in [5, 5.41) is 23.9. The van der Waals surface area contributed by atoms with Gasteiger partial charge in [-0.05, 0) is 19.4 Å². The maximum absolute atomic E-state index is 9.27. The van der Waals surface area contributed by atoms with Crippen molar-refractivity contribution in [1.29, 1.82) is 5.26 Å². The maximum atomic E-state index is 9.27. The fraction of sp³-hybridized carbons (Fsp3) is 0.176. The Labute approximate surface area is 158 Å². The molecule has 0 saturated carbocycles. The Kier molecular flexibility index (Phi) is 5.81. The van der Waals surface area contributed by atoms with Gasteiger partial charge in [0.15, 0.2) is 4.34 Å².